The van der Waals surface area contributed by atoms with Crippen LogP contribution in [0.15, 0.2) is 36.5 Å². The fraction of sp³-hybridized carbons (Fsp3) is 0.286. The van der Waals surface area contributed by atoms with Crippen LogP contribution in [0.2, 0.25) is 0 Å². The van der Waals surface area contributed by atoms with Crippen LogP contribution in [-0.2, 0) is 6.61 Å². The predicted molar refractivity (Wildman–Crippen MR) is 70.3 cm³/mol. The summed E-state index contributed by atoms with van der Waals surface area (Å²) in [5, 5.41) is 9.11. The minimum absolute atomic E-state index is 0.0166. The summed E-state index contributed by atoms with van der Waals surface area (Å²) in [6.45, 7) is 4.08. The molecule has 2 aromatic rings. The molecular weight excluding hydrogens is 244 g/mol. The molecule has 0 spiro atoms. The van der Waals surface area contributed by atoms with E-state index in [1.54, 1.807) is 4.57 Å². The first-order chi connectivity index (χ1) is 9.09. The van der Waals surface area contributed by atoms with E-state index in [0.29, 0.717) is 5.82 Å². The summed E-state index contributed by atoms with van der Waals surface area (Å²) in [6, 6.07) is 9.38. The topological polar surface area (TPSA) is 64.4 Å². The Kier molecular flexibility index (Phi) is 3.85. The molecule has 1 aromatic carbocycles. The van der Waals surface area contributed by atoms with Crippen molar-refractivity contribution >= 4 is 5.97 Å². The molecule has 0 amide bonds. The number of carboxylic acids is 1. The molecule has 0 aliphatic heterocycles. The zero-order chi connectivity index (χ0) is 13.8. The lowest BCUT2D eigenvalue weighted by Gasteiger charge is -2.14. The fourth-order valence-corrected chi connectivity index (χ4v) is 1.90. The summed E-state index contributed by atoms with van der Waals surface area (Å²) in [5.74, 6) is 0.362. The van der Waals surface area contributed by atoms with Crippen LogP contribution in [0.25, 0.3) is 0 Å². The van der Waals surface area contributed by atoms with Gasteiger partial charge in [-0.1, -0.05) is 18.2 Å². The van der Waals surface area contributed by atoms with Gasteiger partial charge in [-0.3, -0.25) is 0 Å². The van der Waals surface area contributed by atoms with E-state index in [0.717, 1.165) is 5.75 Å². The molecule has 0 bridgehead atoms. The number of aromatic nitrogens is 2. The van der Waals surface area contributed by atoms with Gasteiger partial charge in [-0.05, 0) is 26.0 Å². The number of nitrogens with zero attached hydrogens (tertiary/aromatic N) is 2. The quantitative estimate of drug-likeness (QED) is 0.897. The summed E-state index contributed by atoms with van der Waals surface area (Å²) in [7, 11) is 0. The van der Waals surface area contributed by atoms with Crippen LogP contribution in [0.3, 0.4) is 0 Å². The van der Waals surface area contributed by atoms with E-state index in [9.17, 15) is 4.79 Å². The number of hydrogen-bond acceptors (Lipinski definition) is 3. The van der Waals surface area contributed by atoms with Gasteiger partial charge in [-0.2, -0.15) is 0 Å². The number of rotatable bonds is 5. The van der Waals surface area contributed by atoms with E-state index in [1.807, 2.05) is 44.2 Å². The molecule has 0 saturated carbocycles. The summed E-state index contributed by atoms with van der Waals surface area (Å²) in [6.07, 6.45) is 1.37. The lowest BCUT2D eigenvalue weighted by Crippen LogP contribution is -2.15. The van der Waals surface area contributed by atoms with Crippen LogP contribution in [0.5, 0.6) is 5.75 Å². The number of benzene rings is 1. The molecule has 0 aliphatic carbocycles. The van der Waals surface area contributed by atoms with Crippen molar-refractivity contribution < 1.29 is 14.6 Å². The molecule has 0 saturated heterocycles. The summed E-state index contributed by atoms with van der Waals surface area (Å²) >= 11 is 0. The summed E-state index contributed by atoms with van der Waals surface area (Å²) < 4.78 is 7.27. The molecule has 2 rings (SSSR count). The Hall–Kier alpha value is -2.30. The van der Waals surface area contributed by atoms with Gasteiger partial charge < -0.3 is 14.4 Å². The molecular formula is C14H16N2O3. The molecule has 0 aliphatic rings. The van der Waals surface area contributed by atoms with Crippen molar-refractivity contribution in [2.24, 2.45) is 0 Å². The van der Waals surface area contributed by atoms with Gasteiger partial charge in [-0.25, -0.2) is 9.78 Å². The van der Waals surface area contributed by atoms with Crippen LogP contribution in [0.4, 0.5) is 0 Å². The minimum atomic E-state index is -0.979. The van der Waals surface area contributed by atoms with E-state index in [-0.39, 0.29) is 18.3 Å². The molecule has 1 N–H and O–H groups in total. The summed E-state index contributed by atoms with van der Waals surface area (Å²) in [4.78, 5) is 15.2. The van der Waals surface area contributed by atoms with Crippen molar-refractivity contribution in [2.75, 3.05) is 0 Å². The van der Waals surface area contributed by atoms with Crippen molar-refractivity contribution in [3.63, 3.8) is 0 Å². The maximum atomic E-state index is 11.1. The van der Waals surface area contributed by atoms with Crippen molar-refractivity contribution in [3.05, 3.63) is 48.0 Å². The molecule has 5 heteroatoms. The third-order valence-electron chi connectivity index (χ3n) is 2.72. The van der Waals surface area contributed by atoms with Gasteiger partial charge in [0.1, 0.15) is 23.9 Å². The van der Waals surface area contributed by atoms with E-state index in [2.05, 4.69) is 4.98 Å². The van der Waals surface area contributed by atoms with Crippen LogP contribution in [0, 0.1) is 0 Å². The number of ether oxygens (including phenoxy) is 1. The molecule has 0 fully saturated rings. The van der Waals surface area contributed by atoms with Crippen LogP contribution < -0.4 is 4.74 Å². The Morgan fingerprint density at radius 2 is 2.05 bits per heavy atom. The molecule has 5 nitrogen and oxygen atoms in total. The maximum absolute atomic E-state index is 11.1. The van der Waals surface area contributed by atoms with Gasteiger partial charge in [0.05, 0.1) is 6.20 Å². The van der Waals surface area contributed by atoms with E-state index < -0.39 is 5.97 Å². The van der Waals surface area contributed by atoms with Gasteiger partial charge in [-0.15, -0.1) is 0 Å². The highest BCUT2D eigenvalue weighted by molar-refractivity contribution is 5.85. The second-order valence-corrected chi connectivity index (χ2v) is 4.43. The predicted octanol–water partition coefficient (Wildman–Crippen LogP) is 2.74. The van der Waals surface area contributed by atoms with E-state index in [1.165, 1.54) is 6.20 Å². The van der Waals surface area contributed by atoms with E-state index >= 15 is 0 Å². The first-order valence-electron chi connectivity index (χ1n) is 6.07. The smallest absolute Gasteiger partial charge is 0.354 e. The van der Waals surface area contributed by atoms with Crippen molar-refractivity contribution in [1.82, 2.24) is 9.55 Å². The van der Waals surface area contributed by atoms with Crippen LogP contribution in [0.1, 0.15) is 36.2 Å². The third kappa shape index (κ3) is 2.93. The second kappa shape index (κ2) is 5.56. The highest BCUT2D eigenvalue weighted by atomic mass is 16.5. The lowest BCUT2D eigenvalue weighted by molar-refractivity contribution is 0.0682. The number of aromatic carboxylic acids is 1. The van der Waals surface area contributed by atoms with Crippen molar-refractivity contribution in [1.29, 1.82) is 0 Å². The maximum Gasteiger partial charge on any atom is 0.354 e. The highest BCUT2D eigenvalue weighted by Crippen LogP contribution is 2.16. The largest absolute Gasteiger partial charge is 0.486 e. The lowest BCUT2D eigenvalue weighted by atomic mass is 10.3. The van der Waals surface area contributed by atoms with Gasteiger partial charge in [0.25, 0.3) is 0 Å². The standard InChI is InChI=1S/C14H16N2O3/c1-10(2)16-12(14(17)18)8-15-13(16)9-19-11-6-4-3-5-7-11/h3-8,10H,9H2,1-2H3,(H,17,18). The number of para-hydroxylation sites is 1. The Morgan fingerprint density at radius 1 is 1.37 bits per heavy atom. The summed E-state index contributed by atoms with van der Waals surface area (Å²) in [5.41, 5.74) is 0.182. The third-order valence-corrected chi connectivity index (χ3v) is 2.72. The fourth-order valence-electron chi connectivity index (χ4n) is 1.90. The van der Waals surface area contributed by atoms with Crippen LogP contribution in [-0.4, -0.2) is 20.6 Å². The molecule has 19 heavy (non-hydrogen) atoms. The van der Waals surface area contributed by atoms with Gasteiger partial charge in [0, 0.05) is 6.04 Å². The first-order valence-corrected chi connectivity index (χ1v) is 6.07. The average Bonchev–Trinajstić information content (AvgIpc) is 2.81. The number of carbonyl (C=O) groups is 1. The Morgan fingerprint density at radius 3 is 2.63 bits per heavy atom. The first kappa shape index (κ1) is 13.1. The van der Waals surface area contributed by atoms with Crippen LogP contribution >= 0.6 is 0 Å². The number of hydrogen-bond donors (Lipinski definition) is 1. The Balaban J connectivity index is 2.19. The van der Waals surface area contributed by atoms with Crippen molar-refractivity contribution in [3.8, 4) is 5.75 Å². The van der Waals surface area contributed by atoms with E-state index in [4.69, 9.17) is 9.84 Å². The average molecular weight is 260 g/mol. The Bertz CT molecular complexity index is 561. The van der Waals surface area contributed by atoms with Crippen molar-refractivity contribution in [2.45, 2.75) is 26.5 Å². The molecule has 100 valence electrons. The molecule has 0 atom stereocenters. The second-order valence-electron chi connectivity index (χ2n) is 4.43. The Labute approximate surface area is 111 Å². The number of carboxylic acid groups (broad SMARTS) is 1. The normalized spacial score (nSPS) is 10.7. The molecule has 0 radical (unpaired) electrons. The number of imidazole rings is 1. The zero-order valence-electron chi connectivity index (χ0n) is 10.9. The molecule has 1 heterocycles. The van der Waals surface area contributed by atoms with Gasteiger partial charge >= 0.3 is 5.97 Å². The van der Waals surface area contributed by atoms with Gasteiger partial charge in [0.2, 0.25) is 0 Å². The molecule has 0 unspecified atom stereocenters. The molecule has 1 aromatic heterocycles. The van der Waals surface area contributed by atoms with Gasteiger partial charge in [0.15, 0.2) is 0 Å². The highest BCUT2D eigenvalue weighted by Gasteiger charge is 2.17. The zero-order valence-corrected chi connectivity index (χ0v) is 10.9. The minimum Gasteiger partial charge on any atom is -0.486 e. The monoisotopic (exact) mass is 260 g/mol. The SMILES string of the molecule is CC(C)n1c(C(=O)O)cnc1COc1ccccc1.